The van der Waals surface area contributed by atoms with Gasteiger partial charge in [-0.25, -0.2) is 0 Å². The lowest BCUT2D eigenvalue weighted by atomic mass is 10.1. The predicted octanol–water partition coefficient (Wildman–Crippen LogP) is 2.78. The number of fused-ring (bicyclic) bond motifs is 1. The van der Waals surface area contributed by atoms with Crippen molar-refractivity contribution in [1.82, 2.24) is 0 Å². The fourth-order valence-electron chi connectivity index (χ4n) is 2.59. The van der Waals surface area contributed by atoms with Crippen LogP contribution in [0.5, 0.6) is 0 Å². The van der Waals surface area contributed by atoms with Crippen molar-refractivity contribution in [3.63, 3.8) is 0 Å². The van der Waals surface area contributed by atoms with Crippen molar-refractivity contribution in [1.29, 1.82) is 0 Å². The van der Waals surface area contributed by atoms with E-state index in [9.17, 15) is 9.59 Å². The van der Waals surface area contributed by atoms with Crippen LogP contribution in [0.4, 0.5) is 5.69 Å². The minimum Gasteiger partial charge on any atom is -0.481 e. The molecule has 23 heavy (non-hydrogen) atoms. The summed E-state index contributed by atoms with van der Waals surface area (Å²) in [5, 5.41) is 10.9. The van der Waals surface area contributed by atoms with Crippen LogP contribution in [0.2, 0.25) is 0 Å². The van der Waals surface area contributed by atoms with Crippen LogP contribution >= 0.6 is 0 Å². The topological polar surface area (TPSA) is 83.6 Å². The lowest BCUT2D eigenvalue weighted by molar-refractivity contribution is -0.138. The van der Waals surface area contributed by atoms with E-state index in [-0.39, 0.29) is 18.7 Å². The minimum absolute atomic E-state index is 0.00117. The second-order valence-corrected chi connectivity index (χ2v) is 5.43. The second kappa shape index (κ2) is 8.29. The van der Waals surface area contributed by atoms with Crippen LogP contribution in [0.3, 0.4) is 0 Å². The van der Waals surface area contributed by atoms with Gasteiger partial charge >= 0.3 is 5.97 Å². The first-order valence-corrected chi connectivity index (χ1v) is 7.83. The largest absolute Gasteiger partial charge is 0.481 e. The van der Waals surface area contributed by atoms with Gasteiger partial charge in [0.1, 0.15) is 0 Å². The third-order valence-electron chi connectivity index (χ3n) is 3.75. The van der Waals surface area contributed by atoms with E-state index in [0.717, 1.165) is 29.3 Å². The van der Waals surface area contributed by atoms with Crippen LogP contribution in [0.15, 0.2) is 42.5 Å². The molecule has 0 aliphatic heterocycles. The highest BCUT2D eigenvalue weighted by Crippen LogP contribution is 2.27. The standard InChI is InChI=1S/C18H22N2O3/c19-12-3-4-13-20(17(21)10-11-18(22)23)16-9-5-7-14-6-1-2-8-15(14)16/h1-2,5-9H,3-4,10-13,19H2,(H,22,23). The van der Waals surface area contributed by atoms with Crippen molar-refractivity contribution in [2.75, 3.05) is 18.0 Å². The number of carbonyl (C=O) groups is 2. The van der Waals surface area contributed by atoms with Gasteiger partial charge in [-0.3, -0.25) is 9.59 Å². The number of aliphatic carboxylic acids is 1. The van der Waals surface area contributed by atoms with Gasteiger partial charge < -0.3 is 15.7 Å². The number of carbonyl (C=O) groups excluding carboxylic acids is 1. The molecule has 0 heterocycles. The van der Waals surface area contributed by atoms with Gasteiger partial charge in [0.05, 0.1) is 12.1 Å². The number of benzene rings is 2. The molecule has 5 heteroatoms. The van der Waals surface area contributed by atoms with Crippen molar-refractivity contribution in [3.05, 3.63) is 42.5 Å². The first-order chi connectivity index (χ1) is 11.1. The minimum atomic E-state index is -0.960. The van der Waals surface area contributed by atoms with E-state index in [1.165, 1.54) is 0 Å². The number of rotatable bonds is 8. The number of anilines is 1. The Morgan fingerprint density at radius 2 is 1.74 bits per heavy atom. The first kappa shape index (κ1) is 17.0. The highest BCUT2D eigenvalue weighted by molar-refractivity contribution is 6.04. The van der Waals surface area contributed by atoms with Gasteiger partial charge in [-0.1, -0.05) is 36.4 Å². The average molecular weight is 314 g/mol. The molecule has 0 spiro atoms. The molecule has 0 unspecified atom stereocenters. The molecule has 122 valence electrons. The van der Waals surface area contributed by atoms with Crippen molar-refractivity contribution in [3.8, 4) is 0 Å². The number of unbranched alkanes of at least 4 members (excludes halogenated alkanes) is 1. The zero-order valence-electron chi connectivity index (χ0n) is 13.1. The van der Waals surface area contributed by atoms with Crippen LogP contribution in [-0.2, 0) is 9.59 Å². The first-order valence-electron chi connectivity index (χ1n) is 7.83. The summed E-state index contributed by atoms with van der Waals surface area (Å²) in [5.41, 5.74) is 6.37. The Hall–Kier alpha value is -2.40. The maximum absolute atomic E-state index is 12.5. The lowest BCUT2D eigenvalue weighted by Crippen LogP contribution is -2.32. The Morgan fingerprint density at radius 3 is 2.48 bits per heavy atom. The van der Waals surface area contributed by atoms with Crippen molar-refractivity contribution in [2.45, 2.75) is 25.7 Å². The monoisotopic (exact) mass is 314 g/mol. The van der Waals surface area contributed by atoms with Crippen LogP contribution in [0, 0.1) is 0 Å². The molecule has 0 saturated carbocycles. The van der Waals surface area contributed by atoms with Gasteiger partial charge in [-0.15, -0.1) is 0 Å². The van der Waals surface area contributed by atoms with Gasteiger partial charge in [0.2, 0.25) is 5.91 Å². The van der Waals surface area contributed by atoms with E-state index < -0.39 is 5.97 Å². The summed E-state index contributed by atoms with van der Waals surface area (Å²) in [6.07, 6.45) is 1.46. The zero-order chi connectivity index (χ0) is 16.7. The Kier molecular flexibility index (Phi) is 6.11. The Bertz CT molecular complexity index is 680. The maximum Gasteiger partial charge on any atom is 0.303 e. The van der Waals surface area contributed by atoms with E-state index in [2.05, 4.69) is 0 Å². The van der Waals surface area contributed by atoms with Gasteiger partial charge in [-0.2, -0.15) is 0 Å². The number of nitrogens with two attached hydrogens (primary N) is 1. The molecule has 0 aliphatic rings. The molecule has 0 aromatic heterocycles. The smallest absolute Gasteiger partial charge is 0.303 e. The van der Waals surface area contributed by atoms with Gasteiger partial charge in [0.25, 0.3) is 0 Å². The molecule has 0 bridgehead atoms. The quantitative estimate of drug-likeness (QED) is 0.734. The Morgan fingerprint density at radius 1 is 1.00 bits per heavy atom. The second-order valence-electron chi connectivity index (χ2n) is 5.43. The molecule has 2 rings (SSSR count). The van der Waals surface area contributed by atoms with E-state index in [0.29, 0.717) is 13.1 Å². The van der Waals surface area contributed by atoms with Crippen molar-refractivity contribution in [2.24, 2.45) is 5.73 Å². The van der Waals surface area contributed by atoms with Crippen LogP contribution in [0.25, 0.3) is 10.8 Å². The highest BCUT2D eigenvalue weighted by Gasteiger charge is 2.18. The molecule has 0 aliphatic carbocycles. The zero-order valence-corrected chi connectivity index (χ0v) is 13.1. The summed E-state index contributed by atoms with van der Waals surface area (Å²) < 4.78 is 0. The summed E-state index contributed by atoms with van der Waals surface area (Å²) in [7, 11) is 0. The molecular formula is C18H22N2O3. The van der Waals surface area contributed by atoms with Crippen LogP contribution < -0.4 is 10.6 Å². The summed E-state index contributed by atoms with van der Waals surface area (Å²) in [5.74, 6) is -1.13. The molecular weight excluding hydrogens is 292 g/mol. The predicted molar refractivity (Wildman–Crippen MR) is 91.5 cm³/mol. The van der Waals surface area contributed by atoms with Crippen LogP contribution in [0.1, 0.15) is 25.7 Å². The fraction of sp³-hybridized carbons (Fsp3) is 0.333. The molecule has 2 aromatic carbocycles. The van der Waals surface area contributed by atoms with Gasteiger partial charge in [-0.05, 0) is 30.8 Å². The molecule has 5 nitrogen and oxygen atoms in total. The summed E-state index contributed by atoms with van der Waals surface area (Å²) in [6.45, 7) is 1.12. The van der Waals surface area contributed by atoms with Crippen molar-refractivity contribution >= 4 is 28.3 Å². The Balaban J connectivity index is 2.30. The summed E-state index contributed by atoms with van der Waals surface area (Å²) >= 11 is 0. The highest BCUT2D eigenvalue weighted by atomic mass is 16.4. The number of hydrogen-bond acceptors (Lipinski definition) is 3. The third kappa shape index (κ3) is 4.53. The van der Waals surface area contributed by atoms with Crippen LogP contribution in [-0.4, -0.2) is 30.1 Å². The molecule has 2 aromatic rings. The SMILES string of the molecule is NCCCCN(C(=O)CCC(=O)O)c1cccc2ccccc12. The van der Waals surface area contributed by atoms with Gasteiger partial charge in [0, 0.05) is 18.4 Å². The van der Waals surface area contributed by atoms with Gasteiger partial charge in [0.15, 0.2) is 0 Å². The summed E-state index contributed by atoms with van der Waals surface area (Å²) in [4.78, 5) is 25.0. The van der Waals surface area contributed by atoms with E-state index in [1.807, 2.05) is 42.5 Å². The fourth-order valence-corrected chi connectivity index (χ4v) is 2.59. The number of nitrogens with zero attached hydrogens (tertiary/aromatic N) is 1. The summed E-state index contributed by atoms with van der Waals surface area (Å²) in [6, 6.07) is 13.7. The van der Waals surface area contributed by atoms with E-state index >= 15 is 0 Å². The van der Waals surface area contributed by atoms with E-state index in [1.54, 1.807) is 4.90 Å². The maximum atomic E-state index is 12.5. The number of hydrogen-bond donors (Lipinski definition) is 2. The molecule has 0 fully saturated rings. The number of carboxylic acid groups (broad SMARTS) is 1. The lowest BCUT2D eigenvalue weighted by Gasteiger charge is -2.24. The molecule has 1 amide bonds. The number of amides is 1. The Labute approximate surface area is 135 Å². The molecule has 0 saturated heterocycles. The molecule has 3 N–H and O–H groups in total. The average Bonchev–Trinajstić information content (AvgIpc) is 2.56. The van der Waals surface area contributed by atoms with E-state index in [4.69, 9.17) is 10.8 Å². The van der Waals surface area contributed by atoms with Crippen molar-refractivity contribution < 1.29 is 14.7 Å². The molecule has 0 atom stereocenters. The number of carboxylic acids is 1. The molecule has 0 radical (unpaired) electrons. The third-order valence-corrected chi connectivity index (χ3v) is 3.75. The normalized spacial score (nSPS) is 10.7.